The molecule has 1 aliphatic heterocycles. The number of anilines is 1. The van der Waals surface area contributed by atoms with Gasteiger partial charge in [0, 0.05) is 10.7 Å². The highest BCUT2D eigenvalue weighted by atomic mass is 35.5. The first-order chi connectivity index (χ1) is 16.7. The minimum atomic E-state index is -4.00. The third kappa shape index (κ3) is 5.61. The molecule has 0 radical (unpaired) electrons. The lowest BCUT2D eigenvalue weighted by molar-refractivity contribution is 0.256. The Labute approximate surface area is 212 Å². The highest BCUT2D eigenvalue weighted by Gasteiger charge is 2.23. The van der Waals surface area contributed by atoms with Crippen molar-refractivity contribution < 1.29 is 13.2 Å². The second-order valence-corrected chi connectivity index (χ2v) is 11.4. The fourth-order valence-electron chi connectivity index (χ4n) is 3.64. The van der Waals surface area contributed by atoms with Crippen molar-refractivity contribution in [2.45, 2.75) is 33.1 Å². The van der Waals surface area contributed by atoms with Crippen LogP contribution in [-0.2, 0) is 10.0 Å². The number of aryl methyl sites for hydroxylation is 1. The third-order valence-electron chi connectivity index (χ3n) is 5.36. The smallest absolute Gasteiger partial charge is 0.307 e. The second-order valence-electron chi connectivity index (χ2n) is 7.87. The molecule has 4 rings (SSSR count). The van der Waals surface area contributed by atoms with Crippen molar-refractivity contribution >= 4 is 56.0 Å². The third-order valence-corrected chi connectivity index (χ3v) is 8.74. The number of benzene rings is 2. The van der Waals surface area contributed by atoms with Gasteiger partial charge in [-0.3, -0.25) is 9.36 Å². The number of thioether (sulfide) groups is 1. The summed E-state index contributed by atoms with van der Waals surface area (Å²) in [6, 6.07) is 8.91. The standard InChI is InChI=1S/C24H23ClN4O4S2/c1-3-18-6-4-5-7-22(34-18)35(32,33)28-24(31)27-17-9-11-21(15(2)12-17)29-14-26-20-13-16(25)8-10-19(20)23(29)30/h6-14H,3-5H2,1-2H3,(H2,27,28,31). The fourth-order valence-corrected chi connectivity index (χ4v) is 6.23. The predicted octanol–water partition coefficient (Wildman–Crippen LogP) is 5.46. The van der Waals surface area contributed by atoms with Gasteiger partial charge in [-0.2, -0.15) is 0 Å². The Morgan fingerprint density at radius 3 is 2.69 bits per heavy atom. The van der Waals surface area contributed by atoms with Gasteiger partial charge in [0.15, 0.2) is 0 Å². The number of urea groups is 1. The van der Waals surface area contributed by atoms with Crippen molar-refractivity contribution in [3.63, 3.8) is 0 Å². The number of amides is 2. The number of halogens is 1. The van der Waals surface area contributed by atoms with E-state index in [0.29, 0.717) is 39.3 Å². The van der Waals surface area contributed by atoms with Crippen LogP contribution in [0.1, 0.15) is 31.7 Å². The summed E-state index contributed by atoms with van der Waals surface area (Å²) in [6.45, 7) is 3.73. The lowest BCUT2D eigenvalue weighted by atomic mass is 10.1. The molecule has 182 valence electrons. The molecule has 0 saturated carbocycles. The number of sulfonamides is 1. The molecule has 0 fully saturated rings. The summed E-state index contributed by atoms with van der Waals surface area (Å²) in [6.07, 6.45) is 7.13. The zero-order valence-electron chi connectivity index (χ0n) is 19.0. The van der Waals surface area contributed by atoms with Crippen LogP contribution >= 0.6 is 23.4 Å². The highest BCUT2D eigenvalue weighted by molar-refractivity contribution is 8.20. The Hall–Kier alpha value is -3.08. The SMILES string of the molecule is CCC1=CCCC=C(S(=O)(=O)NC(=O)Nc2ccc(-n3cnc4cc(Cl)ccc4c3=O)c(C)c2)S1. The predicted molar refractivity (Wildman–Crippen MR) is 141 cm³/mol. The molecule has 0 aliphatic carbocycles. The van der Waals surface area contributed by atoms with E-state index in [1.807, 2.05) is 13.0 Å². The van der Waals surface area contributed by atoms with E-state index in [2.05, 4.69) is 15.0 Å². The molecular formula is C24H23ClN4O4S2. The van der Waals surface area contributed by atoms with Gasteiger partial charge in [0.2, 0.25) is 0 Å². The molecular weight excluding hydrogens is 508 g/mol. The number of aromatic nitrogens is 2. The molecule has 11 heteroatoms. The number of fused-ring (bicyclic) bond motifs is 1. The summed E-state index contributed by atoms with van der Waals surface area (Å²) in [5.74, 6) is 0. The number of nitrogens with zero attached hydrogens (tertiary/aromatic N) is 2. The van der Waals surface area contributed by atoms with Gasteiger partial charge in [0.05, 0.1) is 16.6 Å². The van der Waals surface area contributed by atoms with Gasteiger partial charge in [-0.05, 0) is 73.1 Å². The van der Waals surface area contributed by atoms with E-state index in [-0.39, 0.29) is 9.80 Å². The molecule has 8 nitrogen and oxygen atoms in total. The van der Waals surface area contributed by atoms with Crippen LogP contribution in [0.4, 0.5) is 10.5 Å². The maximum absolute atomic E-state index is 13.0. The van der Waals surface area contributed by atoms with E-state index in [9.17, 15) is 18.0 Å². The maximum Gasteiger partial charge on any atom is 0.333 e. The van der Waals surface area contributed by atoms with Crippen molar-refractivity contribution in [3.8, 4) is 5.69 Å². The van der Waals surface area contributed by atoms with Gasteiger partial charge in [-0.15, -0.1) is 0 Å². The van der Waals surface area contributed by atoms with Crippen molar-refractivity contribution in [2.75, 3.05) is 5.32 Å². The van der Waals surface area contributed by atoms with Gasteiger partial charge < -0.3 is 5.32 Å². The van der Waals surface area contributed by atoms with Crippen LogP contribution in [0, 0.1) is 6.92 Å². The molecule has 0 atom stereocenters. The number of carbonyl (C=O) groups is 1. The minimum absolute atomic E-state index is 0.120. The van der Waals surface area contributed by atoms with Crippen LogP contribution in [0.3, 0.4) is 0 Å². The Morgan fingerprint density at radius 1 is 1.17 bits per heavy atom. The first kappa shape index (κ1) is 25.0. The van der Waals surface area contributed by atoms with Crippen LogP contribution < -0.4 is 15.6 Å². The first-order valence-electron chi connectivity index (χ1n) is 10.9. The van der Waals surface area contributed by atoms with Gasteiger partial charge in [0.25, 0.3) is 15.6 Å². The molecule has 2 amide bonds. The zero-order chi connectivity index (χ0) is 25.2. The van der Waals surface area contributed by atoms with Crippen molar-refractivity contribution in [1.29, 1.82) is 0 Å². The zero-order valence-corrected chi connectivity index (χ0v) is 21.4. The molecule has 2 heterocycles. The van der Waals surface area contributed by atoms with Gasteiger partial charge in [-0.25, -0.2) is 22.9 Å². The fraction of sp³-hybridized carbons (Fsp3) is 0.208. The Balaban J connectivity index is 1.52. The molecule has 0 bridgehead atoms. The van der Waals surface area contributed by atoms with E-state index in [0.717, 1.165) is 29.5 Å². The Morgan fingerprint density at radius 2 is 1.94 bits per heavy atom. The van der Waals surface area contributed by atoms with Crippen molar-refractivity contribution in [2.24, 2.45) is 0 Å². The van der Waals surface area contributed by atoms with Gasteiger partial charge in [0.1, 0.15) is 10.6 Å². The molecule has 2 aromatic carbocycles. The van der Waals surface area contributed by atoms with Crippen LogP contribution in [0.5, 0.6) is 0 Å². The molecule has 35 heavy (non-hydrogen) atoms. The number of allylic oxidation sites excluding steroid dienone is 3. The Bertz CT molecular complexity index is 1540. The molecule has 1 aromatic heterocycles. The van der Waals surface area contributed by atoms with E-state index < -0.39 is 16.1 Å². The highest BCUT2D eigenvalue weighted by Crippen LogP contribution is 2.34. The monoisotopic (exact) mass is 530 g/mol. The average Bonchev–Trinajstić information content (AvgIpc) is 3.06. The summed E-state index contributed by atoms with van der Waals surface area (Å²) in [5.41, 5.74) is 1.88. The van der Waals surface area contributed by atoms with E-state index >= 15 is 0 Å². The van der Waals surface area contributed by atoms with Crippen LogP contribution in [-0.4, -0.2) is 24.0 Å². The number of hydrogen-bond acceptors (Lipinski definition) is 6. The van der Waals surface area contributed by atoms with Gasteiger partial charge in [-0.1, -0.05) is 42.4 Å². The second kappa shape index (κ2) is 10.3. The van der Waals surface area contributed by atoms with Crippen LogP contribution in [0.2, 0.25) is 5.02 Å². The number of rotatable bonds is 5. The van der Waals surface area contributed by atoms with E-state index in [1.165, 1.54) is 10.9 Å². The van der Waals surface area contributed by atoms with Crippen molar-refractivity contribution in [1.82, 2.24) is 14.3 Å². The molecule has 0 unspecified atom stereocenters. The number of nitrogens with one attached hydrogen (secondary N) is 2. The number of carbonyl (C=O) groups excluding carboxylic acids is 1. The number of hydrogen-bond donors (Lipinski definition) is 2. The minimum Gasteiger partial charge on any atom is -0.307 e. The average molecular weight is 531 g/mol. The molecule has 0 spiro atoms. The Kier molecular flexibility index (Phi) is 7.34. The van der Waals surface area contributed by atoms with E-state index in [1.54, 1.807) is 49.4 Å². The topological polar surface area (TPSA) is 110 Å². The van der Waals surface area contributed by atoms with Gasteiger partial charge >= 0.3 is 6.03 Å². The van der Waals surface area contributed by atoms with Crippen molar-refractivity contribution in [3.05, 3.63) is 85.0 Å². The molecule has 0 saturated heterocycles. The van der Waals surface area contributed by atoms with Crippen LogP contribution in [0.15, 0.2) is 68.8 Å². The van der Waals surface area contributed by atoms with Crippen LogP contribution in [0.25, 0.3) is 16.6 Å². The summed E-state index contributed by atoms with van der Waals surface area (Å²) in [7, 11) is -4.00. The molecule has 1 aliphatic rings. The normalized spacial score (nSPS) is 14.1. The lowest BCUT2D eigenvalue weighted by Gasteiger charge is -2.14. The first-order valence-corrected chi connectivity index (χ1v) is 13.5. The summed E-state index contributed by atoms with van der Waals surface area (Å²) >= 11 is 7.14. The largest absolute Gasteiger partial charge is 0.333 e. The maximum atomic E-state index is 13.0. The van der Waals surface area contributed by atoms with E-state index in [4.69, 9.17) is 11.6 Å². The molecule has 2 N–H and O–H groups in total. The summed E-state index contributed by atoms with van der Waals surface area (Å²) in [5, 5.41) is 3.47. The molecule has 3 aromatic rings. The lowest BCUT2D eigenvalue weighted by Crippen LogP contribution is -2.34. The summed E-state index contributed by atoms with van der Waals surface area (Å²) in [4.78, 5) is 30.7. The quantitative estimate of drug-likeness (QED) is 0.453. The summed E-state index contributed by atoms with van der Waals surface area (Å²) < 4.78 is 29.1.